The summed E-state index contributed by atoms with van der Waals surface area (Å²) in [6.07, 6.45) is 11.8. The third-order valence-corrected chi connectivity index (χ3v) is 4.83. The molecule has 1 aromatic rings. The molecule has 2 heterocycles. The monoisotopic (exact) mass is 802 g/mol. The molecule has 10 heteroatoms. The molecule has 1 aromatic heterocycles. The zero-order chi connectivity index (χ0) is 16.9. The van der Waals surface area contributed by atoms with Gasteiger partial charge >= 0.3 is 50.5 Å². The van der Waals surface area contributed by atoms with Gasteiger partial charge in [-0.25, -0.2) is 8.42 Å². The molecule has 4 rings (SSSR count). The van der Waals surface area contributed by atoms with Crippen LogP contribution in [-0.4, -0.2) is 36.6 Å². The first-order valence-electron chi connectivity index (χ1n) is 7.31. The van der Waals surface area contributed by atoms with Crippen LogP contribution in [0.5, 0.6) is 0 Å². The maximum absolute atomic E-state index is 11.0. The van der Waals surface area contributed by atoms with Crippen molar-refractivity contribution in [3.63, 3.8) is 0 Å². The number of aliphatic imine (C=N–C) groups is 1. The molecule has 0 radical (unpaired) electrons. The van der Waals surface area contributed by atoms with Crippen LogP contribution in [0.4, 0.5) is 0 Å². The molecule has 24 heavy (non-hydrogen) atoms. The summed E-state index contributed by atoms with van der Waals surface area (Å²) in [7, 11) is -3.18. The molecule has 0 N–H and O–H groups in total. The van der Waals surface area contributed by atoms with Gasteiger partial charge in [-0.3, -0.25) is 4.99 Å². The Morgan fingerprint density at radius 3 is 2.42 bits per heavy atom. The SMILES string of the molecule is C1=NCC2=C1CCC2.CS(=O)(=O)n1cc2c(n1)CCC2.I.I[I-]I. The summed E-state index contributed by atoms with van der Waals surface area (Å²) in [5, 5.41) is 3.99. The fraction of sp³-hybridized carbons (Fsp3) is 0.571. The summed E-state index contributed by atoms with van der Waals surface area (Å²) in [5.74, 6) is 0. The third kappa shape index (κ3) is 6.90. The molecule has 0 atom stereocenters. The molecule has 0 aromatic carbocycles. The zero-order valence-corrected chi connectivity index (χ0v) is 22.8. The molecule has 0 saturated heterocycles. The van der Waals surface area contributed by atoms with Crippen LogP contribution in [0.1, 0.15) is 36.9 Å². The van der Waals surface area contributed by atoms with Crippen molar-refractivity contribution >= 4 is 77.4 Å². The Bertz CT molecular complexity index is 692. The zero-order valence-electron chi connectivity index (χ0n) is 13.2. The Morgan fingerprint density at radius 2 is 1.83 bits per heavy atom. The van der Waals surface area contributed by atoms with Crippen molar-refractivity contribution in [3.8, 4) is 0 Å². The predicted octanol–water partition coefficient (Wildman–Crippen LogP) is 1.12. The summed E-state index contributed by atoms with van der Waals surface area (Å²) < 4.78 is 23.1. The number of hydrogen-bond donors (Lipinski definition) is 0. The molecule has 0 saturated carbocycles. The standard InChI is InChI=1S/C7H10N2O2S.C7H9N.I3.HI/c1-12(10,11)9-5-6-3-2-4-7(6)8-9;1-2-6-4-8-5-7(6)3-1;1-3-2;/h5H,2-4H2,1H3;4H,1-3,5H2;;1H/q;;-1;. The number of halogens is 4. The fourth-order valence-electron chi connectivity index (χ4n) is 2.89. The van der Waals surface area contributed by atoms with E-state index in [4.69, 9.17) is 0 Å². The van der Waals surface area contributed by atoms with E-state index in [9.17, 15) is 8.42 Å². The van der Waals surface area contributed by atoms with Crippen LogP contribution in [0.15, 0.2) is 22.3 Å². The van der Waals surface area contributed by atoms with E-state index in [0.29, 0.717) is 13.3 Å². The number of aryl methyl sites for hydroxylation is 2. The van der Waals surface area contributed by atoms with Crippen molar-refractivity contribution in [1.82, 2.24) is 9.19 Å². The summed E-state index contributed by atoms with van der Waals surface area (Å²) in [5.41, 5.74) is 5.16. The maximum atomic E-state index is 11.0. The summed E-state index contributed by atoms with van der Waals surface area (Å²) in [6.45, 7) is 1.01. The predicted molar refractivity (Wildman–Crippen MR) is 122 cm³/mol. The first-order valence-corrected chi connectivity index (χ1v) is 21.7. The van der Waals surface area contributed by atoms with Gasteiger partial charge in [0.15, 0.2) is 0 Å². The second kappa shape index (κ2) is 11.4. The van der Waals surface area contributed by atoms with Gasteiger partial charge in [0.25, 0.3) is 10.0 Å². The molecule has 0 amide bonds. The minimum absolute atomic E-state index is 0. The van der Waals surface area contributed by atoms with Gasteiger partial charge in [-0.1, -0.05) is 0 Å². The van der Waals surface area contributed by atoms with E-state index >= 15 is 0 Å². The summed E-state index contributed by atoms with van der Waals surface area (Å²) in [4.78, 5) is 4.17. The van der Waals surface area contributed by atoms with Crippen molar-refractivity contribution in [1.29, 1.82) is 0 Å². The molecule has 5 nitrogen and oxygen atoms in total. The number of allylic oxidation sites excluding steroid dienone is 1. The second-order valence-corrected chi connectivity index (χ2v) is 23.7. The second-order valence-electron chi connectivity index (χ2n) is 5.60. The van der Waals surface area contributed by atoms with Crippen molar-refractivity contribution in [2.24, 2.45) is 4.99 Å². The van der Waals surface area contributed by atoms with E-state index in [0.717, 1.165) is 47.4 Å². The van der Waals surface area contributed by atoms with Crippen LogP contribution in [-0.2, 0) is 22.9 Å². The topological polar surface area (TPSA) is 64.3 Å². The molecule has 3 aliphatic rings. The number of hydrogen-bond acceptors (Lipinski definition) is 4. The molecule has 138 valence electrons. The van der Waals surface area contributed by atoms with E-state index < -0.39 is 10.0 Å². The van der Waals surface area contributed by atoms with Gasteiger partial charge in [0, 0.05) is 12.4 Å². The Balaban J connectivity index is 0.000000209. The molecular weight excluding hydrogens is 782 g/mol. The third-order valence-electron chi connectivity index (χ3n) is 3.96. The van der Waals surface area contributed by atoms with E-state index in [1.165, 1.54) is 24.8 Å². The van der Waals surface area contributed by atoms with Gasteiger partial charge in [0.2, 0.25) is 0 Å². The quantitative estimate of drug-likeness (QED) is 0.401. The van der Waals surface area contributed by atoms with Gasteiger partial charge in [-0.15, -0.1) is 24.0 Å². The van der Waals surface area contributed by atoms with Crippen LogP contribution in [0, 0.1) is 0 Å². The number of aromatic nitrogens is 2. The van der Waals surface area contributed by atoms with Gasteiger partial charge < -0.3 is 0 Å². The summed E-state index contributed by atoms with van der Waals surface area (Å²) >= 11 is 5.30. The van der Waals surface area contributed by atoms with Crippen LogP contribution in [0.25, 0.3) is 0 Å². The number of fused-ring (bicyclic) bond motifs is 1. The van der Waals surface area contributed by atoms with Gasteiger partial charge in [0.05, 0.1) is 18.5 Å². The Hall–Kier alpha value is 1.49. The Morgan fingerprint density at radius 1 is 1.17 bits per heavy atom. The van der Waals surface area contributed by atoms with Crippen molar-refractivity contribution in [2.45, 2.75) is 38.5 Å². The minimum atomic E-state index is -3.18. The first kappa shape index (κ1) is 23.5. The molecule has 0 spiro atoms. The van der Waals surface area contributed by atoms with Crippen molar-refractivity contribution in [2.75, 3.05) is 12.8 Å². The van der Waals surface area contributed by atoms with Crippen LogP contribution >= 0.6 is 61.2 Å². The first-order chi connectivity index (χ1) is 11.0. The molecule has 0 unspecified atom stereocenters. The Labute approximate surface area is 190 Å². The van der Waals surface area contributed by atoms with Crippen LogP contribution in [0.2, 0.25) is 0 Å². The number of nitrogens with zero attached hydrogens (tertiary/aromatic N) is 3. The van der Waals surface area contributed by atoms with Crippen LogP contribution < -0.4 is 13.3 Å². The molecular formula is C14H20I4N3O2S-. The van der Waals surface area contributed by atoms with Gasteiger partial charge in [-0.05, 0) is 55.2 Å². The number of rotatable bonds is 1. The fourth-order valence-corrected chi connectivity index (χ4v) is 3.45. The van der Waals surface area contributed by atoms with E-state index in [1.807, 2.05) is 6.21 Å². The molecule has 1 aliphatic heterocycles. The van der Waals surface area contributed by atoms with Crippen LogP contribution in [0.3, 0.4) is 0 Å². The average molecular weight is 802 g/mol. The molecule has 2 aliphatic carbocycles. The van der Waals surface area contributed by atoms with Gasteiger partial charge in [-0.2, -0.15) is 9.19 Å². The molecule has 0 bridgehead atoms. The summed E-state index contributed by atoms with van der Waals surface area (Å²) in [6, 6.07) is 0. The van der Waals surface area contributed by atoms with E-state index in [2.05, 4.69) is 47.3 Å². The van der Waals surface area contributed by atoms with E-state index in [-0.39, 0.29) is 24.0 Å². The normalized spacial score (nSPS) is 17.5. The van der Waals surface area contributed by atoms with Crippen molar-refractivity contribution in [3.05, 3.63) is 28.6 Å². The Kier molecular flexibility index (Phi) is 11.1. The van der Waals surface area contributed by atoms with Gasteiger partial charge in [0.1, 0.15) is 0 Å². The molecule has 0 fully saturated rings. The average Bonchev–Trinajstić information content (AvgIpc) is 3.19. The van der Waals surface area contributed by atoms with Crippen molar-refractivity contribution < 1.29 is 21.7 Å². The van der Waals surface area contributed by atoms with E-state index in [1.54, 1.807) is 11.8 Å².